The van der Waals surface area contributed by atoms with E-state index < -0.39 is 0 Å². The molecule has 90 valence electrons. The molecule has 17 heavy (non-hydrogen) atoms. The summed E-state index contributed by atoms with van der Waals surface area (Å²) in [5.41, 5.74) is 2.32. The van der Waals surface area contributed by atoms with Gasteiger partial charge in [0, 0.05) is 5.56 Å². The van der Waals surface area contributed by atoms with E-state index in [-0.39, 0.29) is 0 Å². The molecule has 2 aromatic heterocycles. The highest BCUT2D eigenvalue weighted by Gasteiger charge is 2.20. The van der Waals surface area contributed by atoms with Crippen LogP contribution in [0.4, 0.5) is 0 Å². The van der Waals surface area contributed by atoms with Gasteiger partial charge in [-0.15, -0.1) is 5.10 Å². The third-order valence-electron chi connectivity index (χ3n) is 3.07. The maximum Gasteiger partial charge on any atom is 0.256 e. The average molecular weight is 250 g/mol. The van der Waals surface area contributed by atoms with Gasteiger partial charge in [0.15, 0.2) is 0 Å². The minimum absolute atomic E-state index is 0.645. The van der Waals surface area contributed by atoms with Crippen LogP contribution >= 0.6 is 11.8 Å². The number of rotatable bonds is 2. The fraction of sp³-hybridized carbons (Fsp3) is 0.545. The molecule has 6 heteroatoms. The molecule has 0 saturated heterocycles. The Bertz CT molecular complexity index is 566. The molecule has 0 fully saturated rings. The summed E-state index contributed by atoms with van der Waals surface area (Å²) < 4.78 is 7.21. The minimum Gasteiger partial charge on any atom is -0.481 e. The van der Waals surface area contributed by atoms with Crippen molar-refractivity contribution in [1.29, 1.82) is 0 Å². The molecule has 1 aliphatic rings. The zero-order chi connectivity index (χ0) is 11.8. The number of hydrogen-bond donors (Lipinski definition) is 0. The van der Waals surface area contributed by atoms with Gasteiger partial charge in [-0.2, -0.15) is 9.50 Å². The lowest BCUT2D eigenvalue weighted by Crippen LogP contribution is -2.11. The average Bonchev–Trinajstić information content (AvgIpc) is 2.78. The van der Waals surface area contributed by atoms with Crippen molar-refractivity contribution in [3.05, 3.63) is 11.3 Å². The molecule has 1 aliphatic carbocycles. The Morgan fingerprint density at radius 1 is 1.24 bits per heavy atom. The molecule has 0 N–H and O–H groups in total. The van der Waals surface area contributed by atoms with Crippen LogP contribution in [0.15, 0.2) is 5.16 Å². The molecule has 5 nitrogen and oxygen atoms in total. The maximum absolute atomic E-state index is 5.49. The number of aromatic nitrogens is 4. The van der Waals surface area contributed by atoms with E-state index in [1.165, 1.54) is 30.2 Å². The van der Waals surface area contributed by atoms with Gasteiger partial charge in [0.25, 0.3) is 5.78 Å². The lowest BCUT2D eigenvalue weighted by Gasteiger charge is -2.17. The predicted molar refractivity (Wildman–Crippen MR) is 65.8 cm³/mol. The van der Waals surface area contributed by atoms with Crippen molar-refractivity contribution in [2.45, 2.75) is 30.8 Å². The smallest absolute Gasteiger partial charge is 0.256 e. The van der Waals surface area contributed by atoms with Crippen LogP contribution < -0.4 is 4.74 Å². The fourth-order valence-corrected chi connectivity index (χ4v) is 2.62. The lowest BCUT2D eigenvalue weighted by molar-refractivity contribution is 0.374. The molecule has 0 radical (unpaired) electrons. The van der Waals surface area contributed by atoms with Crippen LogP contribution in [-0.2, 0) is 12.8 Å². The predicted octanol–water partition coefficient (Wildman–Crippen LogP) is 1.73. The molecule has 0 aliphatic heterocycles. The highest BCUT2D eigenvalue weighted by molar-refractivity contribution is 7.98. The van der Waals surface area contributed by atoms with Crippen LogP contribution in [0, 0.1) is 0 Å². The highest BCUT2D eigenvalue weighted by Crippen LogP contribution is 2.29. The van der Waals surface area contributed by atoms with Crippen LogP contribution in [0.2, 0.25) is 0 Å². The normalized spacial score (nSPS) is 14.9. The van der Waals surface area contributed by atoms with Crippen molar-refractivity contribution in [3.8, 4) is 5.88 Å². The zero-order valence-corrected chi connectivity index (χ0v) is 10.8. The van der Waals surface area contributed by atoms with E-state index in [1.54, 1.807) is 11.6 Å². The van der Waals surface area contributed by atoms with Crippen molar-refractivity contribution >= 4 is 17.5 Å². The summed E-state index contributed by atoms with van der Waals surface area (Å²) in [4.78, 5) is 8.96. The summed E-state index contributed by atoms with van der Waals surface area (Å²) in [5.74, 6) is 1.45. The molecule has 3 rings (SSSR count). The van der Waals surface area contributed by atoms with E-state index in [0.29, 0.717) is 5.78 Å². The van der Waals surface area contributed by atoms with Crippen molar-refractivity contribution in [3.63, 3.8) is 0 Å². The van der Waals surface area contributed by atoms with E-state index in [9.17, 15) is 0 Å². The van der Waals surface area contributed by atoms with Gasteiger partial charge >= 0.3 is 0 Å². The number of nitrogens with zero attached hydrogens (tertiary/aromatic N) is 4. The first-order valence-electron chi connectivity index (χ1n) is 5.70. The van der Waals surface area contributed by atoms with Crippen molar-refractivity contribution in [1.82, 2.24) is 19.6 Å². The summed E-state index contributed by atoms with van der Waals surface area (Å²) in [5, 5.41) is 5.13. The monoisotopic (exact) mass is 250 g/mol. The van der Waals surface area contributed by atoms with Gasteiger partial charge in [-0.25, -0.2) is 4.98 Å². The van der Waals surface area contributed by atoms with Gasteiger partial charge in [0.1, 0.15) is 0 Å². The third kappa shape index (κ3) is 1.67. The zero-order valence-electron chi connectivity index (χ0n) is 9.93. The van der Waals surface area contributed by atoms with Crippen molar-refractivity contribution in [2.24, 2.45) is 0 Å². The summed E-state index contributed by atoms with van der Waals surface area (Å²) in [7, 11) is 1.68. The van der Waals surface area contributed by atoms with Gasteiger partial charge in [0.2, 0.25) is 11.0 Å². The Balaban J connectivity index is 2.29. The molecule has 0 spiro atoms. The second-order valence-corrected chi connectivity index (χ2v) is 4.84. The van der Waals surface area contributed by atoms with E-state index in [2.05, 4.69) is 15.1 Å². The fourth-order valence-electron chi connectivity index (χ4n) is 2.28. The van der Waals surface area contributed by atoms with Crippen LogP contribution in [0.5, 0.6) is 5.88 Å². The van der Waals surface area contributed by atoms with Crippen molar-refractivity contribution in [2.75, 3.05) is 13.4 Å². The molecule has 2 aromatic rings. The van der Waals surface area contributed by atoms with Crippen LogP contribution in [0.3, 0.4) is 0 Å². The number of ether oxygens (including phenoxy) is 1. The van der Waals surface area contributed by atoms with E-state index in [4.69, 9.17) is 4.74 Å². The number of hydrogen-bond acceptors (Lipinski definition) is 5. The summed E-state index contributed by atoms with van der Waals surface area (Å²) >= 11 is 1.52. The minimum atomic E-state index is 0.645. The SMILES string of the molecule is COc1c2c(nc3nc(SC)nn13)CCCC2. The van der Waals surface area contributed by atoms with E-state index in [0.717, 1.165) is 29.6 Å². The number of methoxy groups -OCH3 is 1. The molecule has 0 unspecified atom stereocenters. The lowest BCUT2D eigenvalue weighted by atomic mass is 9.97. The Labute approximate surface area is 104 Å². The van der Waals surface area contributed by atoms with Gasteiger partial charge in [-0.05, 0) is 31.9 Å². The largest absolute Gasteiger partial charge is 0.481 e. The Hall–Kier alpha value is -1.30. The van der Waals surface area contributed by atoms with Gasteiger partial charge in [-0.1, -0.05) is 11.8 Å². The first-order valence-corrected chi connectivity index (χ1v) is 6.92. The number of thioether (sulfide) groups is 1. The molecule has 0 atom stereocenters. The molecular weight excluding hydrogens is 236 g/mol. The first kappa shape index (κ1) is 10.8. The Kier molecular flexibility index (Phi) is 2.66. The number of aryl methyl sites for hydroxylation is 1. The standard InChI is InChI=1S/C11H14N4OS/c1-16-9-7-5-3-4-6-8(7)12-10-13-11(17-2)14-15(9)10/h3-6H2,1-2H3. The molecule has 0 aromatic carbocycles. The summed E-state index contributed by atoms with van der Waals surface area (Å²) in [6.45, 7) is 0. The van der Waals surface area contributed by atoms with Crippen molar-refractivity contribution < 1.29 is 4.74 Å². The quantitative estimate of drug-likeness (QED) is 0.760. The third-order valence-corrected chi connectivity index (χ3v) is 3.61. The van der Waals surface area contributed by atoms with Gasteiger partial charge in [-0.3, -0.25) is 0 Å². The molecule has 0 bridgehead atoms. The van der Waals surface area contributed by atoms with Gasteiger partial charge in [0.05, 0.1) is 12.8 Å². The molecule has 2 heterocycles. The second kappa shape index (κ2) is 4.18. The molecule has 0 saturated carbocycles. The summed E-state index contributed by atoms with van der Waals surface area (Å²) in [6, 6.07) is 0. The Morgan fingerprint density at radius 2 is 2.06 bits per heavy atom. The van der Waals surface area contributed by atoms with E-state index in [1.807, 2.05) is 6.26 Å². The second-order valence-electron chi connectivity index (χ2n) is 4.06. The van der Waals surface area contributed by atoms with Gasteiger partial charge < -0.3 is 4.74 Å². The van der Waals surface area contributed by atoms with Crippen LogP contribution in [0.1, 0.15) is 24.1 Å². The topological polar surface area (TPSA) is 52.3 Å². The van der Waals surface area contributed by atoms with Crippen LogP contribution in [0.25, 0.3) is 5.78 Å². The van der Waals surface area contributed by atoms with Crippen LogP contribution in [-0.4, -0.2) is 32.9 Å². The maximum atomic E-state index is 5.49. The highest BCUT2D eigenvalue weighted by atomic mass is 32.2. The molecule has 0 amide bonds. The van der Waals surface area contributed by atoms with E-state index >= 15 is 0 Å². The first-order chi connectivity index (χ1) is 8.33. The summed E-state index contributed by atoms with van der Waals surface area (Å²) in [6.07, 6.45) is 6.39. The molecular formula is C11H14N4OS. The Morgan fingerprint density at radius 3 is 2.82 bits per heavy atom. The number of fused-ring (bicyclic) bond motifs is 2.